The van der Waals surface area contributed by atoms with E-state index in [-0.39, 0.29) is 17.4 Å². The summed E-state index contributed by atoms with van der Waals surface area (Å²) in [5, 5.41) is 17.9. The fourth-order valence-electron chi connectivity index (χ4n) is 4.27. The molecule has 0 fully saturated rings. The highest BCUT2D eigenvalue weighted by Crippen LogP contribution is 2.48. The lowest BCUT2D eigenvalue weighted by atomic mass is 9.62. The minimum Gasteiger partial charge on any atom is -0.493 e. The number of aliphatic hydroxyl groups excluding tert-OH is 1. The molecule has 0 atom stereocenters. The van der Waals surface area contributed by atoms with Crippen molar-refractivity contribution in [2.24, 2.45) is 0 Å². The number of hydrogen-bond donors (Lipinski definition) is 2. The molecule has 0 radical (unpaired) electrons. The van der Waals surface area contributed by atoms with E-state index in [1.54, 1.807) is 13.0 Å². The van der Waals surface area contributed by atoms with Gasteiger partial charge < -0.3 is 14.9 Å². The number of unbranched alkanes of at least 4 members (excludes halogenated alkanes) is 2. The first kappa shape index (κ1) is 25.9. The van der Waals surface area contributed by atoms with E-state index in [0.29, 0.717) is 12.2 Å². The summed E-state index contributed by atoms with van der Waals surface area (Å²) in [4.78, 5) is 10.8. The van der Waals surface area contributed by atoms with Gasteiger partial charge in [-0.2, -0.15) is 0 Å². The minimum absolute atomic E-state index is 0.106. The van der Waals surface area contributed by atoms with E-state index in [1.807, 2.05) is 12.2 Å². The fraction of sp³-hybridized carbons (Fsp3) is 0.536. The Labute approximate surface area is 193 Å². The molecule has 0 saturated heterocycles. The minimum atomic E-state index is -0.940. The van der Waals surface area contributed by atoms with Crippen LogP contribution in [0.25, 0.3) is 5.57 Å². The van der Waals surface area contributed by atoms with Crippen LogP contribution in [0.1, 0.15) is 90.3 Å². The Morgan fingerprint density at radius 3 is 2.25 bits per heavy atom. The number of rotatable bonds is 10. The van der Waals surface area contributed by atoms with E-state index in [0.717, 1.165) is 49.0 Å². The molecule has 0 unspecified atom stereocenters. The van der Waals surface area contributed by atoms with Gasteiger partial charge in [-0.05, 0) is 91.2 Å². The van der Waals surface area contributed by atoms with Gasteiger partial charge in [-0.15, -0.1) is 0 Å². The zero-order valence-electron chi connectivity index (χ0n) is 20.6. The van der Waals surface area contributed by atoms with Gasteiger partial charge in [0.2, 0.25) is 0 Å². The third kappa shape index (κ3) is 6.83. The molecule has 0 heterocycles. The molecule has 4 nitrogen and oxygen atoms in total. The van der Waals surface area contributed by atoms with Gasteiger partial charge in [0.15, 0.2) is 0 Å². The van der Waals surface area contributed by atoms with Crippen molar-refractivity contribution in [2.45, 2.75) is 84.5 Å². The SMILES string of the molecule is C/C(=C/C=C/C(C)=C/C(=O)O)c1cc2c(cc1OCCCCCO)C(C)(C)CCC2(C)C. The molecule has 176 valence electrons. The van der Waals surface area contributed by atoms with Crippen LogP contribution in [0.5, 0.6) is 5.75 Å². The van der Waals surface area contributed by atoms with Crippen LogP contribution in [0, 0.1) is 0 Å². The monoisotopic (exact) mass is 440 g/mol. The summed E-state index contributed by atoms with van der Waals surface area (Å²) in [6.45, 7) is 14.0. The molecule has 1 aromatic carbocycles. The highest BCUT2D eigenvalue weighted by Gasteiger charge is 2.38. The number of aliphatic carboxylic acids is 1. The summed E-state index contributed by atoms with van der Waals surface area (Å²) in [5.41, 5.74) is 5.82. The molecule has 0 bridgehead atoms. The fourth-order valence-corrected chi connectivity index (χ4v) is 4.27. The van der Waals surface area contributed by atoms with Gasteiger partial charge in [0.25, 0.3) is 0 Å². The molecule has 1 aromatic rings. The second-order valence-corrected chi connectivity index (χ2v) is 10.2. The van der Waals surface area contributed by atoms with Crippen LogP contribution in [0.3, 0.4) is 0 Å². The van der Waals surface area contributed by atoms with Gasteiger partial charge in [-0.3, -0.25) is 0 Å². The van der Waals surface area contributed by atoms with Gasteiger partial charge in [0.05, 0.1) is 6.61 Å². The molecule has 0 spiro atoms. The number of benzene rings is 1. The van der Waals surface area contributed by atoms with Crippen LogP contribution in [0.2, 0.25) is 0 Å². The van der Waals surface area contributed by atoms with E-state index >= 15 is 0 Å². The Kier molecular flexibility index (Phi) is 8.91. The molecule has 0 aromatic heterocycles. The average Bonchev–Trinajstić information content (AvgIpc) is 2.70. The van der Waals surface area contributed by atoms with Gasteiger partial charge >= 0.3 is 5.97 Å². The summed E-state index contributed by atoms with van der Waals surface area (Å²) in [7, 11) is 0. The van der Waals surface area contributed by atoms with Crippen molar-refractivity contribution in [1.29, 1.82) is 0 Å². The first-order valence-corrected chi connectivity index (χ1v) is 11.7. The van der Waals surface area contributed by atoms with Crippen LogP contribution < -0.4 is 4.74 Å². The number of carboxylic acid groups (broad SMARTS) is 1. The lowest BCUT2D eigenvalue weighted by Gasteiger charge is -2.42. The molecule has 2 N–H and O–H groups in total. The average molecular weight is 441 g/mol. The number of hydrogen-bond acceptors (Lipinski definition) is 3. The number of aliphatic hydroxyl groups is 1. The van der Waals surface area contributed by atoms with Gasteiger partial charge in [0, 0.05) is 18.2 Å². The van der Waals surface area contributed by atoms with E-state index in [2.05, 4.69) is 46.8 Å². The third-order valence-electron chi connectivity index (χ3n) is 6.49. The maximum Gasteiger partial charge on any atom is 0.328 e. The molecule has 32 heavy (non-hydrogen) atoms. The highest BCUT2D eigenvalue weighted by molar-refractivity contribution is 5.81. The van der Waals surface area contributed by atoms with Crippen molar-refractivity contribution in [3.63, 3.8) is 0 Å². The lowest BCUT2D eigenvalue weighted by molar-refractivity contribution is -0.131. The largest absolute Gasteiger partial charge is 0.493 e. The lowest BCUT2D eigenvalue weighted by Crippen LogP contribution is -2.34. The van der Waals surface area contributed by atoms with Crippen molar-refractivity contribution in [2.75, 3.05) is 13.2 Å². The Hall–Kier alpha value is -2.33. The van der Waals surface area contributed by atoms with E-state index in [1.165, 1.54) is 17.2 Å². The normalized spacial score (nSPS) is 18.0. The molecule has 1 aliphatic carbocycles. The van der Waals surface area contributed by atoms with Crippen LogP contribution in [0.15, 0.2) is 42.0 Å². The van der Waals surface area contributed by atoms with Crippen molar-refractivity contribution in [3.8, 4) is 5.75 Å². The number of carbonyl (C=O) groups is 1. The first-order chi connectivity index (χ1) is 15.0. The van der Waals surface area contributed by atoms with Crippen molar-refractivity contribution >= 4 is 11.5 Å². The quantitative estimate of drug-likeness (QED) is 0.245. The summed E-state index contributed by atoms with van der Waals surface area (Å²) < 4.78 is 6.28. The summed E-state index contributed by atoms with van der Waals surface area (Å²) in [6.07, 6.45) is 11.9. The van der Waals surface area contributed by atoms with Gasteiger partial charge in [-0.25, -0.2) is 4.79 Å². The van der Waals surface area contributed by atoms with E-state index < -0.39 is 5.97 Å². The highest BCUT2D eigenvalue weighted by atomic mass is 16.5. The molecular formula is C28H40O4. The smallest absolute Gasteiger partial charge is 0.328 e. The Morgan fingerprint density at radius 1 is 1.03 bits per heavy atom. The molecule has 0 saturated carbocycles. The maximum atomic E-state index is 10.8. The molecule has 1 aliphatic rings. The predicted molar refractivity (Wildman–Crippen MR) is 132 cm³/mol. The number of fused-ring (bicyclic) bond motifs is 1. The summed E-state index contributed by atoms with van der Waals surface area (Å²) in [5.74, 6) is -0.0391. The van der Waals surface area contributed by atoms with Crippen LogP contribution in [-0.4, -0.2) is 29.4 Å². The topological polar surface area (TPSA) is 66.8 Å². The Morgan fingerprint density at radius 2 is 1.66 bits per heavy atom. The zero-order valence-corrected chi connectivity index (χ0v) is 20.6. The van der Waals surface area contributed by atoms with Crippen LogP contribution in [0.4, 0.5) is 0 Å². The molecule has 0 aliphatic heterocycles. The summed E-state index contributed by atoms with van der Waals surface area (Å²) >= 11 is 0. The molecular weight excluding hydrogens is 400 g/mol. The Balaban J connectivity index is 2.45. The molecule has 0 amide bonds. The van der Waals surface area contributed by atoms with Crippen LogP contribution >= 0.6 is 0 Å². The standard InChI is InChI=1S/C28H40O4/c1-20(17-26(30)31)11-10-12-21(2)22-18-23-24(28(5,6)14-13-27(23,3)4)19-25(22)32-16-9-7-8-15-29/h10-12,17-19,29H,7-9,13-16H2,1-6H3,(H,30,31)/b11-10+,20-17+,21-12-. The van der Waals surface area contributed by atoms with E-state index in [9.17, 15) is 4.79 Å². The van der Waals surface area contributed by atoms with Crippen molar-refractivity contribution in [3.05, 3.63) is 58.7 Å². The number of carboxylic acids is 1. The second-order valence-electron chi connectivity index (χ2n) is 10.2. The van der Waals surface area contributed by atoms with Gasteiger partial charge in [-0.1, -0.05) is 45.9 Å². The number of ether oxygens (including phenoxy) is 1. The van der Waals surface area contributed by atoms with Crippen LogP contribution in [-0.2, 0) is 15.6 Å². The molecule has 4 heteroatoms. The van der Waals surface area contributed by atoms with E-state index in [4.69, 9.17) is 14.9 Å². The molecule has 2 rings (SSSR count). The first-order valence-electron chi connectivity index (χ1n) is 11.7. The number of allylic oxidation sites excluding steroid dienone is 5. The predicted octanol–water partition coefficient (Wildman–Crippen LogP) is 6.57. The van der Waals surface area contributed by atoms with Crippen molar-refractivity contribution in [1.82, 2.24) is 0 Å². The zero-order chi connectivity index (χ0) is 23.9. The summed E-state index contributed by atoms with van der Waals surface area (Å²) in [6, 6.07) is 4.55. The maximum absolute atomic E-state index is 10.8. The van der Waals surface area contributed by atoms with Gasteiger partial charge in [0.1, 0.15) is 5.75 Å². The second kappa shape index (κ2) is 11.0. The third-order valence-corrected chi connectivity index (χ3v) is 6.49. The van der Waals surface area contributed by atoms with Crippen molar-refractivity contribution < 1.29 is 19.7 Å². The Bertz CT molecular complexity index is 900.